The summed E-state index contributed by atoms with van der Waals surface area (Å²) in [5, 5.41) is 29.5. The maximum atomic E-state index is 14.6. The van der Waals surface area contributed by atoms with Gasteiger partial charge in [-0.1, -0.05) is 87.7 Å². The Hall–Kier alpha value is -8.68. The minimum Gasteiger partial charge on any atom is -0.478 e. The van der Waals surface area contributed by atoms with Gasteiger partial charge in [0.15, 0.2) is 21.7 Å². The van der Waals surface area contributed by atoms with E-state index in [2.05, 4.69) is 46.4 Å². The highest BCUT2D eigenvalue weighted by molar-refractivity contribution is 9.09. The number of aliphatic imine (C=N–C) groups is 2. The number of halogens is 8. The predicted octanol–water partition coefficient (Wildman–Crippen LogP) is 11.8. The number of hydrogen-bond donors (Lipinski definition) is 4. The lowest BCUT2D eigenvalue weighted by Gasteiger charge is -2.38. The molecule has 12 rings (SSSR count). The van der Waals surface area contributed by atoms with Crippen LogP contribution in [-0.4, -0.2) is 181 Å². The number of nitrogens with zero attached hydrogens (tertiary/aromatic N) is 9. The summed E-state index contributed by atoms with van der Waals surface area (Å²) in [6.07, 6.45) is 1.01. The third-order valence-corrected chi connectivity index (χ3v) is 18.9. The molecule has 2 aromatic heterocycles. The number of amides is 4. The SMILES string of the molecule is CCOC(=O)C1=C(CBr)NC(c2nccs2)=N[C@H]1c1cccc(F)c1Cl.CCOC(=O)C1=C(CN2CCN3C(=O)N(Cc4ccc(C(=O)O)cc4)CC3C2)NC(c2nccs2)=N[C@H]1c1cccc(F)c1Cl.O=C(O)c1ccc(CN2CC3CCCCN3C2=O)cc1.O=CC(F)(F)F.[CH3-]. The number of ether oxygens (including phenoxy) is 2. The fourth-order valence-corrected chi connectivity index (χ4v) is 13.6. The Kier molecular flexibility index (Phi) is 26.2. The number of nitrogens with one attached hydrogen (secondary N) is 2. The lowest BCUT2D eigenvalue weighted by Crippen LogP contribution is -2.53. The molecular weight excluding hydrogens is 1430 g/mol. The van der Waals surface area contributed by atoms with Gasteiger partial charge in [0.1, 0.15) is 23.7 Å². The summed E-state index contributed by atoms with van der Waals surface area (Å²) in [6.45, 7) is 8.80. The Morgan fingerprint density at radius 3 is 1.52 bits per heavy atom. The van der Waals surface area contributed by atoms with Crippen molar-refractivity contribution >= 4 is 116 Å². The van der Waals surface area contributed by atoms with Gasteiger partial charge in [0.25, 0.3) is 0 Å². The predicted molar refractivity (Wildman–Crippen MR) is 361 cm³/mol. The molecule has 0 aliphatic carbocycles. The molecule has 4 atom stereocenters. The molecule has 520 valence electrons. The van der Waals surface area contributed by atoms with Crippen LogP contribution in [0.2, 0.25) is 10.0 Å². The second-order valence-corrected chi connectivity index (χ2v) is 25.4. The number of rotatable bonds is 17. The molecule has 6 aliphatic heterocycles. The number of carbonyl (C=O) groups excluding carboxylic acids is 5. The monoisotopic (exact) mass is 1500 g/mol. The van der Waals surface area contributed by atoms with Gasteiger partial charge >= 0.3 is 42.1 Å². The van der Waals surface area contributed by atoms with E-state index in [0.717, 1.165) is 37.1 Å². The summed E-state index contributed by atoms with van der Waals surface area (Å²) in [7, 11) is 0. The molecule has 32 heteroatoms. The van der Waals surface area contributed by atoms with Crippen molar-refractivity contribution in [2.75, 3.05) is 64.4 Å². The number of carbonyl (C=O) groups is 7. The second-order valence-electron chi connectivity index (χ2n) is 22.2. The number of aromatic nitrogens is 2. The number of carboxylic acid groups (broad SMARTS) is 2. The van der Waals surface area contributed by atoms with E-state index in [9.17, 15) is 55.8 Å². The Morgan fingerprint density at radius 1 is 0.653 bits per heavy atom. The van der Waals surface area contributed by atoms with Gasteiger partial charge in [-0.3, -0.25) is 19.7 Å². The standard InChI is InChI=1S/C31H30ClFN6O5S.C17H14BrClFN3O2S.C15H18N2O3.C2HF3O.CH3/c1-2-44-30(42)24-23(35-27(28-34-10-13-45-28)36-26(24)21-4-3-5-22(33)25(21)32)17-37-11-12-39-20(15-37)16-38(31(39)43)14-18-6-8-19(9-7-18)29(40)41;1-2-25-17(24)12-11(8-18)22-15(16-21-6-7-26-16)23-14(12)9-4-3-5-10(20)13(9)19;18-14(19)12-6-4-11(5-7-12)9-16-10-13-3-1-2-8-17(13)15(16)20;3-2(4,5)1-6;/h3-10,13,20,26H,2,11-12,14-17H2,1H3,(H,35,36)(H,40,41);3-7,14H,2,8H2,1H3,(H,22,23);4-7,13H,1-3,8-10H2,(H,18,19);1H;1H3/q;;;;-1/t20?,26-;14-;;;/m00.../s1. The summed E-state index contributed by atoms with van der Waals surface area (Å²) in [4.78, 5) is 110. The van der Waals surface area contributed by atoms with Crippen molar-refractivity contribution in [2.45, 2.75) is 76.5 Å². The molecule has 6 aromatic rings. The number of benzene rings is 4. The average Bonchev–Trinajstić information content (AvgIpc) is 0.851. The molecule has 98 heavy (non-hydrogen) atoms. The van der Waals surface area contributed by atoms with Gasteiger partial charge in [-0.2, -0.15) is 13.2 Å². The van der Waals surface area contributed by atoms with Crippen molar-refractivity contribution in [3.63, 3.8) is 0 Å². The summed E-state index contributed by atoms with van der Waals surface area (Å²) in [5.74, 6) is -3.29. The smallest absolute Gasteiger partial charge is 0.446 e. The average molecular weight is 1500 g/mol. The van der Waals surface area contributed by atoms with Crippen LogP contribution in [0.25, 0.3) is 0 Å². The fourth-order valence-electron chi connectivity index (χ4n) is 11.5. The largest absolute Gasteiger partial charge is 0.478 e. The zero-order valence-electron chi connectivity index (χ0n) is 52.8. The van der Waals surface area contributed by atoms with Crippen molar-refractivity contribution < 1.29 is 75.2 Å². The van der Waals surface area contributed by atoms with Gasteiger partial charge in [-0.25, -0.2) is 47.5 Å². The molecule has 4 saturated heterocycles. The van der Waals surface area contributed by atoms with Crippen LogP contribution in [-0.2, 0) is 36.9 Å². The van der Waals surface area contributed by atoms with E-state index in [1.165, 1.54) is 65.5 Å². The molecule has 4 amide bonds. The van der Waals surface area contributed by atoms with Gasteiger partial charge in [-0.05, 0) is 80.6 Å². The second kappa shape index (κ2) is 34.2. The van der Waals surface area contributed by atoms with Crippen molar-refractivity contribution in [3.8, 4) is 0 Å². The third kappa shape index (κ3) is 18.3. The van der Waals surface area contributed by atoms with Crippen LogP contribution in [0.5, 0.6) is 0 Å². The molecule has 0 radical (unpaired) electrons. The molecule has 22 nitrogen and oxygen atoms in total. The number of thiazole rings is 2. The number of allylic oxidation sites excluding steroid dienone is 1. The van der Waals surface area contributed by atoms with Crippen LogP contribution in [0.4, 0.5) is 31.5 Å². The zero-order valence-corrected chi connectivity index (χ0v) is 57.6. The Labute approximate surface area is 586 Å². The van der Waals surface area contributed by atoms with Crippen LogP contribution < -0.4 is 10.6 Å². The molecule has 6 aliphatic rings. The van der Waals surface area contributed by atoms with Crippen LogP contribution in [0.1, 0.15) is 98.2 Å². The molecule has 0 saturated carbocycles. The minimum atomic E-state index is -4.64. The van der Waals surface area contributed by atoms with Crippen molar-refractivity contribution in [1.29, 1.82) is 0 Å². The number of carboxylic acids is 2. The molecule has 4 aromatic carbocycles. The fraction of sp³-hybridized carbons (Fsp3) is 0.333. The Balaban J connectivity index is 0.000000195. The maximum absolute atomic E-state index is 14.6. The van der Waals surface area contributed by atoms with E-state index in [-0.39, 0.29) is 71.1 Å². The summed E-state index contributed by atoms with van der Waals surface area (Å²) < 4.78 is 70.5. The van der Waals surface area contributed by atoms with Gasteiger partial charge in [-0.15, -0.1) is 22.7 Å². The minimum absolute atomic E-state index is 0. The normalized spacial score (nSPS) is 18.9. The van der Waals surface area contributed by atoms with E-state index in [4.69, 9.17) is 47.6 Å². The van der Waals surface area contributed by atoms with Crippen LogP contribution in [0, 0.1) is 19.1 Å². The van der Waals surface area contributed by atoms with Crippen molar-refractivity contribution in [2.24, 2.45) is 9.98 Å². The van der Waals surface area contributed by atoms with Crippen molar-refractivity contribution in [3.05, 3.63) is 203 Å². The van der Waals surface area contributed by atoms with Gasteiger partial charge in [0, 0.05) is 110 Å². The van der Waals surface area contributed by atoms with Crippen LogP contribution in [0.15, 0.2) is 141 Å². The molecule has 4 N–H and O–H groups in total. The molecule has 2 unspecified atom stereocenters. The van der Waals surface area contributed by atoms with Crippen LogP contribution in [0.3, 0.4) is 0 Å². The number of aromatic carboxylic acids is 2. The van der Waals surface area contributed by atoms with Gasteiger partial charge in [0.2, 0.25) is 6.29 Å². The zero-order chi connectivity index (χ0) is 69.7. The third-order valence-electron chi connectivity index (χ3n) is 16.0. The summed E-state index contributed by atoms with van der Waals surface area (Å²) in [5.41, 5.74) is 4.67. The number of alkyl halides is 4. The van der Waals surface area contributed by atoms with Crippen molar-refractivity contribution in [1.82, 2.24) is 45.1 Å². The first-order valence-electron chi connectivity index (χ1n) is 30.2. The number of amidine groups is 2. The highest BCUT2D eigenvalue weighted by atomic mass is 79.9. The lowest BCUT2D eigenvalue weighted by molar-refractivity contribution is -0.156. The first kappa shape index (κ1) is 75.1. The number of fused-ring (bicyclic) bond motifs is 2. The number of urea groups is 2. The molecule has 0 spiro atoms. The quantitative estimate of drug-likeness (QED) is 0.0217. The summed E-state index contributed by atoms with van der Waals surface area (Å²) >= 11 is 18.8. The van der Waals surface area contributed by atoms with Gasteiger partial charge in [0.05, 0.1) is 57.6 Å². The number of esters is 2. The number of aldehydes is 1. The number of hydrogen-bond acceptors (Lipinski definition) is 18. The van der Waals surface area contributed by atoms with E-state index in [0.29, 0.717) is 101 Å². The number of piperidine rings is 1. The Bertz CT molecular complexity index is 4000. The van der Waals surface area contributed by atoms with E-state index < -0.39 is 60.1 Å². The summed E-state index contributed by atoms with van der Waals surface area (Å²) in [6, 6.07) is 20.8. The molecule has 0 bridgehead atoms. The first-order chi connectivity index (χ1) is 46.5. The number of piperazine rings is 1. The van der Waals surface area contributed by atoms with Crippen LogP contribution >= 0.6 is 61.8 Å². The molecular formula is C66H66BrCl2F5N11O11S2-. The maximum Gasteiger partial charge on any atom is 0.446 e. The van der Waals surface area contributed by atoms with E-state index >= 15 is 0 Å². The van der Waals surface area contributed by atoms with E-state index in [1.807, 2.05) is 25.5 Å². The highest BCUT2D eigenvalue weighted by Crippen LogP contribution is 2.40. The highest BCUT2D eigenvalue weighted by Gasteiger charge is 2.43. The topological polar surface area (TPSA) is 269 Å². The van der Waals surface area contributed by atoms with Gasteiger partial charge < -0.3 is 57.3 Å². The first-order valence-corrected chi connectivity index (χ1v) is 33.9. The molecule has 4 fully saturated rings. The Morgan fingerprint density at radius 2 is 1.10 bits per heavy atom. The lowest BCUT2D eigenvalue weighted by atomic mass is 9.95. The van der Waals surface area contributed by atoms with E-state index in [1.54, 1.807) is 79.7 Å². The molecule has 8 heterocycles.